The Kier molecular flexibility index (Phi) is 6.55. The van der Waals surface area contributed by atoms with Gasteiger partial charge in [-0.25, -0.2) is 17.2 Å². The molecule has 0 aliphatic rings. The Labute approximate surface area is 119 Å². The van der Waals surface area contributed by atoms with Crippen LogP contribution in [-0.2, 0) is 16.3 Å². The van der Waals surface area contributed by atoms with Gasteiger partial charge in [-0.2, -0.15) is 0 Å². The molecule has 0 fully saturated rings. The summed E-state index contributed by atoms with van der Waals surface area (Å²) in [5.41, 5.74) is 0.441. The number of hydrogen-bond acceptors (Lipinski definition) is 3. The van der Waals surface area contributed by atoms with Gasteiger partial charge in [-0.15, -0.1) is 0 Å². The maximum absolute atomic E-state index is 13.6. The van der Waals surface area contributed by atoms with Crippen molar-refractivity contribution in [2.75, 3.05) is 18.6 Å². The van der Waals surface area contributed by atoms with Crippen LogP contribution >= 0.6 is 0 Å². The normalized spacial score (nSPS) is 13.4. The van der Waals surface area contributed by atoms with Crippen molar-refractivity contribution in [2.24, 2.45) is 0 Å². The van der Waals surface area contributed by atoms with Crippen LogP contribution in [-0.4, -0.2) is 33.0 Å². The van der Waals surface area contributed by atoms with E-state index in [-0.39, 0.29) is 11.8 Å². The highest BCUT2D eigenvalue weighted by Gasteiger charge is 2.13. The molecule has 0 spiro atoms. The molecule has 0 saturated heterocycles. The van der Waals surface area contributed by atoms with Gasteiger partial charge in [0.05, 0.1) is 0 Å². The lowest BCUT2D eigenvalue weighted by Crippen LogP contribution is -2.31. The minimum Gasteiger partial charge on any atom is -0.314 e. The van der Waals surface area contributed by atoms with Crippen molar-refractivity contribution in [3.8, 4) is 0 Å². The molecule has 0 amide bonds. The molecule has 1 atom stereocenters. The van der Waals surface area contributed by atoms with Crippen molar-refractivity contribution in [3.05, 3.63) is 35.4 Å². The summed E-state index contributed by atoms with van der Waals surface area (Å²) in [7, 11) is -2.97. The van der Waals surface area contributed by atoms with Gasteiger partial charge in [0.2, 0.25) is 0 Å². The first-order valence-corrected chi connectivity index (χ1v) is 8.73. The van der Waals surface area contributed by atoms with Crippen molar-refractivity contribution in [3.63, 3.8) is 0 Å². The van der Waals surface area contributed by atoms with Crippen LogP contribution in [0.25, 0.3) is 0 Å². The molecule has 0 aliphatic heterocycles. The Balaban J connectivity index is 2.62. The fourth-order valence-electron chi connectivity index (χ4n) is 2.11. The minimum atomic E-state index is -2.97. The summed E-state index contributed by atoms with van der Waals surface area (Å²) in [5.74, 6) is -1.03. The second-order valence-electron chi connectivity index (χ2n) is 4.97. The maximum atomic E-state index is 13.6. The topological polar surface area (TPSA) is 46.2 Å². The Hall–Kier alpha value is -1.01. The van der Waals surface area contributed by atoms with Crippen molar-refractivity contribution in [1.82, 2.24) is 5.32 Å². The molecule has 1 aromatic carbocycles. The SMILES string of the molecule is CCNC(CCCS(C)(=O)=O)Cc1ccc(F)cc1F. The van der Waals surface area contributed by atoms with Gasteiger partial charge < -0.3 is 5.32 Å². The minimum absolute atomic E-state index is 0.0123. The Morgan fingerprint density at radius 1 is 1.30 bits per heavy atom. The molecule has 0 aromatic heterocycles. The molecule has 20 heavy (non-hydrogen) atoms. The van der Waals surface area contributed by atoms with Crippen LogP contribution in [0.3, 0.4) is 0 Å². The highest BCUT2D eigenvalue weighted by atomic mass is 32.2. The molecule has 0 bridgehead atoms. The van der Waals surface area contributed by atoms with E-state index in [4.69, 9.17) is 0 Å². The number of sulfone groups is 1. The quantitative estimate of drug-likeness (QED) is 0.801. The Bertz CT molecular complexity index is 532. The maximum Gasteiger partial charge on any atom is 0.147 e. The number of nitrogens with one attached hydrogen (secondary N) is 1. The van der Waals surface area contributed by atoms with Crippen LogP contribution in [0.4, 0.5) is 8.78 Å². The van der Waals surface area contributed by atoms with Gasteiger partial charge in [0.1, 0.15) is 21.5 Å². The van der Waals surface area contributed by atoms with Gasteiger partial charge in [0.15, 0.2) is 0 Å². The van der Waals surface area contributed by atoms with E-state index in [1.807, 2.05) is 6.92 Å². The van der Waals surface area contributed by atoms with E-state index < -0.39 is 21.5 Å². The molecule has 114 valence electrons. The summed E-state index contributed by atoms with van der Waals surface area (Å²) in [6.07, 6.45) is 2.79. The summed E-state index contributed by atoms with van der Waals surface area (Å²) in [6, 6.07) is 3.53. The lowest BCUT2D eigenvalue weighted by molar-refractivity contribution is 0.472. The van der Waals surface area contributed by atoms with Crippen LogP contribution in [0.2, 0.25) is 0 Å². The van der Waals surface area contributed by atoms with E-state index in [2.05, 4.69) is 5.32 Å². The van der Waals surface area contributed by atoms with Crippen LogP contribution in [0.1, 0.15) is 25.3 Å². The van der Waals surface area contributed by atoms with E-state index >= 15 is 0 Å². The highest BCUT2D eigenvalue weighted by molar-refractivity contribution is 7.90. The number of rotatable bonds is 8. The molecule has 3 nitrogen and oxygen atoms in total. The monoisotopic (exact) mass is 305 g/mol. The van der Waals surface area contributed by atoms with Crippen LogP contribution in [0.15, 0.2) is 18.2 Å². The van der Waals surface area contributed by atoms with Gasteiger partial charge in [-0.05, 0) is 37.4 Å². The number of likely N-dealkylation sites (N-methyl/N-ethyl adjacent to an activating group) is 1. The molecule has 6 heteroatoms. The van der Waals surface area contributed by atoms with Crippen LogP contribution in [0, 0.1) is 11.6 Å². The average Bonchev–Trinajstić information content (AvgIpc) is 2.31. The predicted molar refractivity (Wildman–Crippen MR) is 76.5 cm³/mol. The van der Waals surface area contributed by atoms with Crippen molar-refractivity contribution < 1.29 is 17.2 Å². The lowest BCUT2D eigenvalue weighted by Gasteiger charge is -2.18. The average molecular weight is 305 g/mol. The second-order valence-corrected chi connectivity index (χ2v) is 7.23. The molecular weight excluding hydrogens is 284 g/mol. The standard InChI is InChI=1S/C14H21F2NO2S/c1-3-17-13(5-4-8-20(2,18)19)9-11-6-7-12(15)10-14(11)16/h6-7,10,13,17H,3-5,8-9H2,1-2H3. The predicted octanol–water partition coefficient (Wildman–Crippen LogP) is 2.31. The van der Waals surface area contributed by atoms with E-state index in [1.165, 1.54) is 18.4 Å². The molecule has 0 radical (unpaired) electrons. The first-order valence-electron chi connectivity index (χ1n) is 6.67. The molecule has 1 rings (SSSR count). The fourth-order valence-corrected chi connectivity index (χ4v) is 2.80. The van der Waals surface area contributed by atoms with Gasteiger partial charge in [0.25, 0.3) is 0 Å². The molecule has 0 saturated carbocycles. The van der Waals surface area contributed by atoms with E-state index in [9.17, 15) is 17.2 Å². The van der Waals surface area contributed by atoms with Crippen LogP contribution in [0.5, 0.6) is 0 Å². The summed E-state index contributed by atoms with van der Waals surface area (Å²) in [4.78, 5) is 0. The summed E-state index contributed by atoms with van der Waals surface area (Å²) in [6.45, 7) is 2.65. The zero-order valence-electron chi connectivity index (χ0n) is 11.8. The summed E-state index contributed by atoms with van der Waals surface area (Å²) >= 11 is 0. The number of benzene rings is 1. The summed E-state index contributed by atoms with van der Waals surface area (Å²) < 4.78 is 48.6. The molecule has 0 heterocycles. The highest BCUT2D eigenvalue weighted by Crippen LogP contribution is 2.14. The van der Waals surface area contributed by atoms with E-state index in [1.54, 1.807) is 0 Å². The Morgan fingerprint density at radius 3 is 2.55 bits per heavy atom. The number of halogens is 2. The first-order chi connectivity index (χ1) is 9.31. The van der Waals surface area contributed by atoms with E-state index in [0.717, 1.165) is 6.07 Å². The first kappa shape index (κ1) is 17.0. The molecule has 1 aromatic rings. The van der Waals surface area contributed by atoms with Crippen molar-refractivity contribution >= 4 is 9.84 Å². The molecule has 0 aliphatic carbocycles. The third kappa shape index (κ3) is 6.43. The Morgan fingerprint density at radius 2 is 2.00 bits per heavy atom. The zero-order valence-corrected chi connectivity index (χ0v) is 12.6. The zero-order chi connectivity index (χ0) is 15.2. The third-order valence-electron chi connectivity index (χ3n) is 3.04. The molecular formula is C14H21F2NO2S. The van der Waals surface area contributed by atoms with Gasteiger partial charge >= 0.3 is 0 Å². The van der Waals surface area contributed by atoms with E-state index in [0.29, 0.717) is 31.4 Å². The second kappa shape index (κ2) is 7.69. The van der Waals surface area contributed by atoms with Gasteiger partial charge in [-0.3, -0.25) is 0 Å². The summed E-state index contributed by atoms with van der Waals surface area (Å²) in [5, 5.41) is 3.20. The smallest absolute Gasteiger partial charge is 0.147 e. The van der Waals surface area contributed by atoms with Crippen LogP contribution < -0.4 is 5.32 Å². The van der Waals surface area contributed by atoms with Crippen molar-refractivity contribution in [2.45, 2.75) is 32.2 Å². The van der Waals surface area contributed by atoms with Crippen molar-refractivity contribution in [1.29, 1.82) is 0 Å². The number of hydrogen-bond donors (Lipinski definition) is 1. The molecule has 1 N–H and O–H groups in total. The third-order valence-corrected chi connectivity index (χ3v) is 4.07. The van der Waals surface area contributed by atoms with Gasteiger partial charge in [0, 0.05) is 24.1 Å². The lowest BCUT2D eigenvalue weighted by atomic mass is 10.0. The fraction of sp³-hybridized carbons (Fsp3) is 0.571. The molecule has 1 unspecified atom stereocenters. The largest absolute Gasteiger partial charge is 0.314 e. The van der Waals surface area contributed by atoms with Gasteiger partial charge in [-0.1, -0.05) is 13.0 Å².